The molecule has 0 spiro atoms. The normalized spacial score (nSPS) is 21.5. The second-order valence-electron chi connectivity index (χ2n) is 5.75. The van der Waals surface area contributed by atoms with Gasteiger partial charge in [0.15, 0.2) is 0 Å². The van der Waals surface area contributed by atoms with Crippen molar-refractivity contribution in [3.63, 3.8) is 0 Å². The highest BCUT2D eigenvalue weighted by Gasteiger charge is 2.38. The van der Waals surface area contributed by atoms with E-state index in [4.69, 9.17) is 11.6 Å². The molecule has 2 heteroatoms. The zero-order valence-corrected chi connectivity index (χ0v) is 11.8. The lowest BCUT2D eigenvalue weighted by atomic mass is 9.85. The van der Waals surface area contributed by atoms with Crippen LogP contribution in [0.4, 0.5) is 0 Å². The predicted octanol–water partition coefficient (Wildman–Crippen LogP) is 4.35. The summed E-state index contributed by atoms with van der Waals surface area (Å²) in [6.07, 6.45) is 3.62. The Morgan fingerprint density at radius 1 is 1.41 bits per heavy atom. The molecule has 0 saturated heterocycles. The van der Waals surface area contributed by atoms with Crippen molar-refractivity contribution in [2.24, 2.45) is 5.41 Å². The van der Waals surface area contributed by atoms with E-state index in [1.807, 2.05) is 6.07 Å². The summed E-state index contributed by atoms with van der Waals surface area (Å²) in [5, 5.41) is 4.55. The number of halogens is 1. The number of rotatable bonds is 4. The summed E-state index contributed by atoms with van der Waals surface area (Å²) in [7, 11) is 0. The highest BCUT2D eigenvalue weighted by molar-refractivity contribution is 6.30. The third-order valence-corrected chi connectivity index (χ3v) is 3.96. The van der Waals surface area contributed by atoms with Gasteiger partial charge in [0.25, 0.3) is 0 Å². The molecule has 1 aliphatic carbocycles. The van der Waals surface area contributed by atoms with Crippen LogP contribution < -0.4 is 5.32 Å². The van der Waals surface area contributed by atoms with Crippen LogP contribution in [0.5, 0.6) is 0 Å². The SMILES string of the molecule is CCCCNC1c2cc(Cl)ccc2CC1(C)C. The van der Waals surface area contributed by atoms with Crippen molar-refractivity contribution in [3.8, 4) is 0 Å². The Hall–Kier alpha value is -0.530. The van der Waals surface area contributed by atoms with Gasteiger partial charge in [0, 0.05) is 11.1 Å². The van der Waals surface area contributed by atoms with Crippen LogP contribution in [0.2, 0.25) is 5.02 Å². The third-order valence-electron chi connectivity index (χ3n) is 3.73. The fourth-order valence-electron chi connectivity index (χ4n) is 2.82. The Kier molecular flexibility index (Phi) is 3.79. The Morgan fingerprint density at radius 2 is 2.18 bits per heavy atom. The van der Waals surface area contributed by atoms with Gasteiger partial charge in [0.05, 0.1) is 0 Å². The van der Waals surface area contributed by atoms with Crippen molar-refractivity contribution in [2.45, 2.75) is 46.1 Å². The second-order valence-corrected chi connectivity index (χ2v) is 6.19. The number of benzene rings is 1. The minimum absolute atomic E-state index is 0.292. The van der Waals surface area contributed by atoms with Crippen LogP contribution >= 0.6 is 11.6 Å². The monoisotopic (exact) mass is 251 g/mol. The smallest absolute Gasteiger partial charge is 0.0409 e. The van der Waals surface area contributed by atoms with E-state index in [9.17, 15) is 0 Å². The van der Waals surface area contributed by atoms with Crippen molar-refractivity contribution in [3.05, 3.63) is 34.3 Å². The first-order chi connectivity index (χ1) is 8.04. The Labute approximate surface area is 110 Å². The van der Waals surface area contributed by atoms with Gasteiger partial charge in [-0.3, -0.25) is 0 Å². The molecule has 1 nitrogen and oxygen atoms in total. The zero-order chi connectivity index (χ0) is 12.5. The Morgan fingerprint density at radius 3 is 2.88 bits per heavy atom. The lowest BCUT2D eigenvalue weighted by molar-refractivity contribution is 0.269. The van der Waals surface area contributed by atoms with Crippen LogP contribution in [0.25, 0.3) is 0 Å². The van der Waals surface area contributed by atoms with E-state index < -0.39 is 0 Å². The molecule has 0 heterocycles. The summed E-state index contributed by atoms with van der Waals surface area (Å²) < 4.78 is 0. The Balaban J connectivity index is 2.21. The summed E-state index contributed by atoms with van der Waals surface area (Å²) in [5.74, 6) is 0. The maximum atomic E-state index is 6.12. The van der Waals surface area contributed by atoms with Crippen LogP contribution in [0.15, 0.2) is 18.2 Å². The van der Waals surface area contributed by atoms with Gasteiger partial charge in [-0.05, 0) is 48.1 Å². The average molecular weight is 252 g/mol. The number of fused-ring (bicyclic) bond motifs is 1. The first-order valence-electron chi connectivity index (χ1n) is 6.56. The predicted molar refractivity (Wildman–Crippen MR) is 74.6 cm³/mol. The fourth-order valence-corrected chi connectivity index (χ4v) is 3.00. The lowest BCUT2D eigenvalue weighted by Gasteiger charge is -2.28. The number of hydrogen-bond acceptors (Lipinski definition) is 1. The molecule has 1 aromatic carbocycles. The minimum Gasteiger partial charge on any atom is -0.309 e. The molecule has 94 valence electrons. The summed E-state index contributed by atoms with van der Waals surface area (Å²) in [6, 6.07) is 6.77. The quantitative estimate of drug-likeness (QED) is 0.785. The summed E-state index contributed by atoms with van der Waals surface area (Å²) in [4.78, 5) is 0. The molecule has 1 atom stereocenters. The van der Waals surface area contributed by atoms with Crippen molar-refractivity contribution in [1.82, 2.24) is 5.32 Å². The first-order valence-corrected chi connectivity index (χ1v) is 6.94. The molecule has 0 bridgehead atoms. The van der Waals surface area contributed by atoms with Gasteiger partial charge in [-0.25, -0.2) is 0 Å². The molecule has 1 N–H and O–H groups in total. The van der Waals surface area contributed by atoms with E-state index in [0.29, 0.717) is 11.5 Å². The van der Waals surface area contributed by atoms with E-state index in [1.165, 1.54) is 24.0 Å². The van der Waals surface area contributed by atoms with Gasteiger partial charge in [0.1, 0.15) is 0 Å². The lowest BCUT2D eigenvalue weighted by Crippen LogP contribution is -2.31. The summed E-state index contributed by atoms with van der Waals surface area (Å²) in [5.41, 5.74) is 3.15. The van der Waals surface area contributed by atoms with Gasteiger partial charge in [-0.1, -0.05) is 44.9 Å². The van der Waals surface area contributed by atoms with E-state index in [-0.39, 0.29) is 0 Å². The van der Waals surface area contributed by atoms with Crippen LogP contribution in [0, 0.1) is 5.41 Å². The molecule has 1 aromatic rings. The molecule has 0 amide bonds. The topological polar surface area (TPSA) is 12.0 Å². The summed E-state index contributed by atoms with van der Waals surface area (Å²) in [6.45, 7) is 8.00. The van der Waals surface area contributed by atoms with E-state index in [0.717, 1.165) is 18.0 Å². The second kappa shape index (κ2) is 4.99. The first kappa shape index (κ1) is 12.9. The molecule has 0 radical (unpaired) electrons. The molecule has 0 aromatic heterocycles. The van der Waals surface area contributed by atoms with E-state index in [1.54, 1.807) is 0 Å². The molecule has 2 rings (SSSR count). The summed E-state index contributed by atoms with van der Waals surface area (Å²) >= 11 is 6.12. The number of unbranched alkanes of at least 4 members (excludes halogenated alkanes) is 1. The standard InChI is InChI=1S/C15H22ClN/c1-4-5-8-17-14-13-9-12(16)7-6-11(13)10-15(14,2)3/h6-7,9,14,17H,4-5,8,10H2,1-3H3. The van der Waals surface area contributed by atoms with Crippen molar-refractivity contribution < 1.29 is 0 Å². The minimum atomic E-state index is 0.292. The zero-order valence-electron chi connectivity index (χ0n) is 11.0. The molecule has 0 fully saturated rings. The molecule has 0 saturated carbocycles. The average Bonchev–Trinajstić information content (AvgIpc) is 2.50. The maximum Gasteiger partial charge on any atom is 0.0409 e. The molecule has 1 aliphatic rings. The van der Waals surface area contributed by atoms with Crippen molar-refractivity contribution in [2.75, 3.05) is 6.54 Å². The molecular weight excluding hydrogens is 230 g/mol. The van der Waals surface area contributed by atoms with E-state index >= 15 is 0 Å². The van der Waals surface area contributed by atoms with Crippen LogP contribution in [0.3, 0.4) is 0 Å². The number of nitrogens with one attached hydrogen (secondary N) is 1. The largest absolute Gasteiger partial charge is 0.309 e. The van der Waals surface area contributed by atoms with Crippen LogP contribution in [0.1, 0.15) is 50.8 Å². The van der Waals surface area contributed by atoms with Gasteiger partial charge in [-0.15, -0.1) is 0 Å². The van der Waals surface area contributed by atoms with Crippen molar-refractivity contribution in [1.29, 1.82) is 0 Å². The van der Waals surface area contributed by atoms with Gasteiger partial charge >= 0.3 is 0 Å². The van der Waals surface area contributed by atoms with E-state index in [2.05, 4.69) is 38.2 Å². The van der Waals surface area contributed by atoms with Crippen molar-refractivity contribution >= 4 is 11.6 Å². The van der Waals surface area contributed by atoms with Gasteiger partial charge in [0.2, 0.25) is 0 Å². The highest BCUT2D eigenvalue weighted by atomic mass is 35.5. The van der Waals surface area contributed by atoms with Crippen LogP contribution in [-0.4, -0.2) is 6.54 Å². The fraction of sp³-hybridized carbons (Fsp3) is 0.600. The molecule has 1 unspecified atom stereocenters. The third kappa shape index (κ3) is 2.66. The Bertz CT molecular complexity index is 398. The van der Waals surface area contributed by atoms with Gasteiger partial charge in [-0.2, -0.15) is 0 Å². The van der Waals surface area contributed by atoms with Gasteiger partial charge < -0.3 is 5.32 Å². The maximum absolute atomic E-state index is 6.12. The molecular formula is C15H22ClN. The molecule has 0 aliphatic heterocycles. The highest BCUT2D eigenvalue weighted by Crippen LogP contribution is 2.45. The van der Waals surface area contributed by atoms with Crippen LogP contribution in [-0.2, 0) is 6.42 Å². The molecule has 17 heavy (non-hydrogen) atoms. The number of hydrogen-bond donors (Lipinski definition) is 1.